The summed E-state index contributed by atoms with van der Waals surface area (Å²) < 4.78 is 1.58. The summed E-state index contributed by atoms with van der Waals surface area (Å²) in [6, 6.07) is 4.94. The Kier molecular flexibility index (Phi) is 2.78. The molecule has 3 N–H and O–H groups in total. The van der Waals surface area contributed by atoms with E-state index < -0.39 is 0 Å². The van der Waals surface area contributed by atoms with Crippen molar-refractivity contribution >= 4 is 17.5 Å². The fourth-order valence-electron chi connectivity index (χ4n) is 1.51. The molecule has 0 unspecified atom stereocenters. The van der Waals surface area contributed by atoms with Gasteiger partial charge in [-0.25, -0.2) is 4.98 Å². The van der Waals surface area contributed by atoms with E-state index in [4.69, 9.17) is 5.73 Å². The van der Waals surface area contributed by atoms with Crippen molar-refractivity contribution in [2.24, 2.45) is 7.05 Å². The zero-order chi connectivity index (χ0) is 12.4. The van der Waals surface area contributed by atoms with Crippen molar-refractivity contribution in [1.29, 1.82) is 0 Å². The number of nitrogens with one attached hydrogen (secondary N) is 1. The van der Waals surface area contributed by atoms with Crippen LogP contribution in [0.3, 0.4) is 0 Å². The van der Waals surface area contributed by atoms with Gasteiger partial charge in [0.1, 0.15) is 11.6 Å². The van der Waals surface area contributed by atoms with Crippen molar-refractivity contribution in [3.05, 3.63) is 35.7 Å². The van der Waals surface area contributed by atoms with Crippen LogP contribution in [0.4, 0.5) is 11.6 Å². The topological polar surface area (TPSA) is 85.8 Å². The van der Waals surface area contributed by atoms with E-state index in [0.29, 0.717) is 22.9 Å². The number of amides is 1. The van der Waals surface area contributed by atoms with Crippen LogP contribution in [-0.4, -0.2) is 20.7 Å². The molecule has 0 bridgehead atoms. The van der Waals surface area contributed by atoms with Crippen molar-refractivity contribution in [3.63, 3.8) is 0 Å². The number of pyridine rings is 1. The highest BCUT2D eigenvalue weighted by Gasteiger charge is 2.09. The Bertz CT molecular complexity index is 540. The van der Waals surface area contributed by atoms with Gasteiger partial charge in [0.05, 0.1) is 6.20 Å². The molecule has 0 radical (unpaired) electrons. The van der Waals surface area contributed by atoms with Crippen molar-refractivity contribution in [3.8, 4) is 0 Å². The van der Waals surface area contributed by atoms with Crippen LogP contribution in [0.25, 0.3) is 0 Å². The number of anilines is 2. The van der Waals surface area contributed by atoms with Crippen LogP contribution in [0.15, 0.2) is 24.4 Å². The number of nitrogen functional groups attached to an aromatic ring is 1. The summed E-state index contributed by atoms with van der Waals surface area (Å²) in [5.41, 5.74) is 6.78. The summed E-state index contributed by atoms with van der Waals surface area (Å²) in [6.07, 6.45) is 1.61. The minimum atomic E-state index is -0.231. The second-order valence-electron chi connectivity index (χ2n) is 3.72. The van der Waals surface area contributed by atoms with Crippen molar-refractivity contribution in [2.75, 3.05) is 11.1 Å². The molecule has 2 heterocycles. The molecule has 0 saturated carbocycles. The molecule has 2 aromatic heterocycles. The molecule has 88 valence electrons. The lowest BCUT2D eigenvalue weighted by atomic mass is 10.2. The first-order valence-electron chi connectivity index (χ1n) is 5.10. The highest BCUT2D eigenvalue weighted by atomic mass is 16.1. The molecule has 0 aliphatic rings. The van der Waals surface area contributed by atoms with Crippen molar-refractivity contribution < 1.29 is 4.79 Å². The van der Waals surface area contributed by atoms with Gasteiger partial charge in [0.2, 0.25) is 0 Å². The van der Waals surface area contributed by atoms with Crippen LogP contribution in [-0.2, 0) is 7.05 Å². The lowest BCUT2D eigenvalue weighted by Crippen LogP contribution is -2.15. The average Bonchev–Trinajstić information content (AvgIpc) is 2.63. The van der Waals surface area contributed by atoms with Gasteiger partial charge in [0.15, 0.2) is 0 Å². The SMILES string of the molecule is Cc1cc(C(=O)Nc2ccnn2C)cc(N)n1. The van der Waals surface area contributed by atoms with Gasteiger partial charge in [0.25, 0.3) is 5.91 Å². The Morgan fingerprint density at radius 1 is 1.47 bits per heavy atom. The summed E-state index contributed by atoms with van der Waals surface area (Å²) >= 11 is 0. The lowest BCUT2D eigenvalue weighted by molar-refractivity contribution is 0.102. The van der Waals surface area contributed by atoms with Gasteiger partial charge < -0.3 is 11.1 Å². The molecule has 0 spiro atoms. The van der Waals surface area contributed by atoms with Crippen LogP contribution >= 0.6 is 0 Å². The maximum Gasteiger partial charge on any atom is 0.257 e. The molecule has 0 aliphatic heterocycles. The van der Waals surface area contributed by atoms with Gasteiger partial charge in [-0.1, -0.05) is 0 Å². The minimum absolute atomic E-state index is 0.231. The second-order valence-corrected chi connectivity index (χ2v) is 3.72. The van der Waals surface area contributed by atoms with E-state index in [0.717, 1.165) is 0 Å². The molecule has 2 aromatic rings. The maximum atomic E-state index is 11.9. The largest absolute Gasteiger partial charge is 0.384 e. The van der Waals surface area contributed by atoms with Gasteiger partial charge >= 0.3 is 0 Å². The molecule has 6 nitrogen and oxygen atoms in total. The van der Waals surface area contributed by atoms with Gasteiger partial charge in [0, 0.05) is 24.4 Å². The van der Waals surface area contributed by atoms with E-state index in [1.807, 2.05) is 0 Å². The highest BCUT2D eigenvalue weighted by Crippen LogP contribution is 2.10. The van der Waals surface area contributed by atoms with E-state index in [-0.39, 0.29) is 5.91 Å². The summed E-state index contributed by atoms with van der Waals surface area (Å²) in [6.45, 7) is 1.79. The summed E-state index contributed by atoms with van der Waals surface area (Å²) in [5, 5.41) is 6.70. The van der Waals surface area contributed by atoms with E-state index >= 15 is 0 Å². The highest BCUT2D eigenvalue weighted by molar-refractivity contribution is 6.04. The third kappa shape index (κ3) is 2.41. The third-order valence-electron chi connectivity index (χ3n) is 2.30. The molecule has 0 atom stereocenters. The zero-order valence-corrected chi connectivity index (χ0v) is 9.64. The molecular formula is C11H13N5O. The molecule has 0 saturated heterocycles. The standard InChI is InChI=1S/C11H13N5O/c1-7-5-8(6-9(12)14-7)11(17)15-10-3-4-13-16(10)2/h3-6H,1-2H3,(H2,12,14)(H,15,17). The average molecular weight is 231 g/mol. The summed E-state index contributed by atoms with van der Waals surface area (Å²) in [5.74, 6) is 0.731. The number of aryl methyl sites for hydroxylation is 2. The molecule has 0 aromatic carbocycles. The van der Waals surface area contributed by atoms with Crippen LogP contribution < -0.4 is 11.1 Å². The second kappa shape index (κ2) is 4.25. The molecule has 2 rings (SSSR count). The molecule has 17 heavy (non-hydrogen) atoms. The number of aromatic nitrogens is 3. The van der Waals surface area contributed by atoms with Gasteiger partial charge in [-0.15, -0.1) is 0 Å². The lowest BCUT2D eigenvalue weighted by Gasteiger charge is -2.06. The number of carbonyl (C=O) groups is 1. The monoisotopic (exact) mass is 231 g/mol. The van der Waals surface area contributed by atoms with Crippen molar-refractivity contribution in [1.82, 2.24) is 14.8 Å². The smallest absolute Gasteiger partial charge is 0.257 e. The number of nitrogens with two attached hydrogens (primary N) is 1. The normalized spacial score (nSPS) is 10.2. The third-order valence-corrected chi connectivity index (χ3v) is 2.30. The fraction of sp³-hybridized carbons (Fsp3) is 0.182. The van der Waals surface area contributed by atoms with E-state index in [2.05, 4.69) is 15.4 Å². The quantitative estimate of drug-likeness (QED) is 0.806. The minimum Gasteiger partial charge on any atom is -0.384 e. The Morgan fingerprint density at radius 2 is 2.24 bits per heavy atom. The molecule has 6 heteroatoms. The van der Waals surface area contributed by atoms with E-state index in [1.54, 1.807) is 43.0 Å². The predicted molar refractivity (Wildman–Crippen MR) is 64.5 cm³/mol. The van der Waals surface area contributed by atoms with Gasteiger partial charge in [-0.3, -0.25) is 9.48 Å². The van der Waals surface area contributed by atoms with Crippen LogP contribution in [0.1, 0.15) is 16.1 Å². The van der Waals surface area contributed by atoms with Crippen molar-refractivity contribution in [2.45, 2.75) is 6.92 Å². The van der Waals surface area contributed by atoms with Crippen LogP contribution in [0.2, 0.25) is 0 Å². The molecule has 0 fully saturated rings. The summed E-state index contributed by atoms with van der Waals surface area (Å²) in [4.78, 5) is 15.9. The predicted octanol–water partition coefficient (Wildman–Crippen LogP) is 0.958. The zero-order valence-electron chi connectivity index (χ0n) is 9.64. The van der Waals surface area contributed by atoms with E-state index in [9.17, 15) is 4.79 Å². The Balaban J connectivity index is 2.23. The van der Waals surface area contributed by atoms with Crippen LogP contribution in [0, 0.1) is 6.92 Å². The van der Waals surface area contributed by atoms with Crippen LogP contribution in [0.5, 0.6) is 0 Å². The first-order valence-corrected chi connectivity index (χ1v) is 5.10. The first kappa shape index (κ1) is 11.1. The molecular weight excluding hydrogens is 218 g/mol. The number of hydrogen-bond acceptors (Lipinski definition) is 4. The Labute approximate surface area is 98.5 Å². The number of rotatable bonds is 2. The van der Waals surface area contributed by atoms with Gasteiger partial charge in [-0.2, -0.15) is 5.10 Å². The Hall–Kier alpha value is -2.37. The summed E-state index contributed by atoms with van der Waals surface area (Å²) in [7, 11) is 1.75. The fourth-order valence-corrected chi connectivity index (χ4v) is 1.51. The number of carbonyl (C=O) groups excluding carboxylic acids is 1. The Morgan fingerprint density at radius 3 is 2.82 bits per heavy atom. The first-order chi connectivity index (χ1) is 8.06. The number of nitrogens with zero attached hydrogens (tertiary/aromatic N) is 3. The number of hydrogen-bond donors (Lipinski definition) is 2. The molecule has 0 aliphatic carbocycles. The maximum absolute atomic E-state index is 11.9. The van der Waals surface area contributed by atoms with Gasteiger partial charge in [-0.05, 0) is 19.1 Å². The van der Waals surface area contributed by atoms with E-state index in [1.165, 1.54) is 0 Å². The molecule has 1 amide bonds.